The van der Waals surface area contributed by atoms with Crippen molar-refractivity contribution >= 4 is 17.3 Å². The summed E-state index contributed by atoms with van der Waals surface area (Å²) in [6.07, 6.45) is 2.72. The van der Waals surface area contributed by atoms with Gasteiger partial charge in [0.05, 0.1) is 6.26 Å². The lowest BCUT2D eigenvalue weighted by Gasteiger charge is -2.19. The maximum atomic E-state index is 11.1. The van der Waals surface area contributed by atoms with Gasteiger partial charge < -0.3 is 14.6 Å². The smallest absolute Gasteiger partial charge is 0.407 e. The lowest BCUT2D eigenvalue weighted by atomic mass is 10.2. The summed E-state index contributed by atoms with van der Waals surface area (Å²) >= 11 is -0.972. The van der Waals surface area contributed by atoms with Crippen LogP contribution in [0, 0.1) is 0 Å². The third-order valence-electron chi connectivity index (χ3n) is 1.05. The van der Waals surface area contributed by atoms with Crippen LogP contribution in [0.5, 0.6) is 0 Å². The lowest BCUT2D eigenvalue weighted by molar-refractivity contribution is 0.0534. The molecule has 5 heteroatoms. The van der Waals surface area contributed by atoms with E-state index < -0.39 is 22.9 Å². The quantitative estimate of drug-likeness (QED) is 0.730. The number of nitrogens with one attached hydrogen (secondary N) is 1. The van der Waals surface area contributed by atoms with Gasteiger partial charge >= 0.3 is 6.09 Å². The highest BCUT2D eigenvalue weighted by atomic mass is 32.2. The first-order valence-corrected chi connectivity index (χ1v) is 5.89. The van der Waals surface area contributed by atoms with Gasteiger partial charge in [-0.05, 0) is 38.0 Å². The summed E-state index contributed by atoms with van der Waals surface area (Å²) < 4.78 is 15.6. The predicted octanol–water partition coefficient (Wildman–Crippen LogP) is 1.40. The van der Waals surface area contributed by atoms with Crippen LogP contribution in [0.2, 0.25) is 0 Å². The zero-order valence-corrected chi connectivity index (χ0v) is 9.81. The first-order valence-electron chi connectivity index (χ1n) is 4.27. The third kappa shape index (κ3) is 9.41. The molecule has 14 heavy (non-hydrogen) atoms. The van der Waals surface area contributed by atoms with Crippen molar-refractivity contribution in [3.8, 4) is 0 Å². The van der Waals surface area contributed by atoms with Gasteiger partial charge in [0.15, 0.2) is 0 Å². The minimum absolute atomic E-state index is 0.328. The van der Waals surface area contributed by atoms with Crippen molar-refractivity contribution < 1.29 is 14.1 Å². The van der Waals surface area contributed by atoms with Crippen LogP contribution in [0.3, 0.4) is 0 Å². The Labute approximate surface area is 87.9 Å². The molecule has 0 aliphatic carbocycles. The lowest BCUT2D eigenvalue weighted by Crippen LogP contribution is -2.32. The molecule has 0 saturated heterocycles. The van der Waals surface area contributed by atoms with Crippen LogP contribution >= 0.6 is 0 Å². The summed E-state index contributed by atoms with van der Waals surface area (Å²) in [4.78, 5) is 11.1. The Hall–Kier alpha value is -0.680. The highest BCUT2D eigenvalue weighted by Gasteiger charge is 2.14. The molecule has 0 heterocycles. The molecule has 1 amide bonds. The minimum atomic E-state index is -0.972. The Morgan fingerprint density at radius 3 is 2.57 bits per heavy atom. The number of alkyl carbamates (subject to hydrolysis) is 1. The van der Waals surface area contributed by atoms with Crippen molar-refractivity contribution in [1.82, 2.24) is 5.32 Å². The van der Waals surface area contributed by atoms with E-state index in [9.17, 15) is 9.35 Å². The maximum Gasteiger partial charge on any atom is 0.407 e. The summed E-state index contributed by atoms with van der Waals surface area (Å²) in [5, 5.41) is 4.02. The van der Waals surface area contributed by atoms with Crippen molar-refractivity contribution in [3.63, 3.8) is 0 Å². The van der Waals surface area contributed by atoms with Crippen LogP contribution in [0.1, 0.15) is 20.8 Å². The first kappa shape index (κ1) is 13.3. The molecule has 82 valence electrons. The number of carbonyl (C=O) groups is 1. The highest BCUT2D eigenvalue weighted by molar-refractivity contribution is 7.93. The van der Waals surface area contributed by atoms with Gasteiger partial charge in [0.1, 0.15) is 11.0 Å². The van der Waals surface area contributed by atoms with Crippen molar-refractivity contribution in [1.29, 1.82) is 0 Å². The molecule has 1 unspecified atom stereocenters. The van der Waals surface area contributed by atoms with E-state index in [0.717, 1.165) is 0 Å². The van der Waals surface area contributed by atoms with E-state index in [2.05, 4.69) is 5.32 Å². The van der Waals surface area contributed by atoms with Gasteiger partial charge in [0, 0.05) is 6.54 Å². The van der Waals surface area contributed by atoms with Crippen LogP contribution in [0.4, 0.5) is 4.79 Å². The van der Waals surface area contributed by atoms with Gasteiger partial charge in [0.25, 0.3) is 0 Å². The molecule has 0 aliphatic rings. The molecule has 0 radical (unpaired) electrons. The summed E-state index contributed by atoms with van der Waals surface area (Å²) in [5.74, 6) is 0. The molecule has 1 atom stereocenters. The fourth-order valence-electron chi connectivity index (χ4n) is 0.640. The third-order valence-corrected chi connectivity index (χ3v) is 1.63. The van der Waals surface area contributed by atoms with Gasteiger partial charge in [-0.25, -0.2) is 4.79 Å². The van der Waals surface area contributed by atoms with Crippen LogP contribution in [0.15, 0.2) is 11.5 Å². The molecular formula is C9H17NO3S. The van der Waals surface area contributed by atoms with E-state index in [1.54, 1.807) is 33.1 Å². The summed E-state index contributed by atoms with van der Waals surface area (Å²) in [6.45, 7) is 5.71. The number of hydrogen-bond acceptors (Lipinski definition) is 3. The van der Waals surface area contributed by atoms with E-state index in [4.69, 9.17) is 4.74 Å². The molecule has 0 saturated carbocycles. The molecule has 0 aromatic rings. The Morgan fingerprint density at radius 1 is 1.57 bits per heavy atom. The topological polar surface area (TPSA) is 61.4 Å². The second kappa shape index (κ2) is 5.93. The van der Waals surface area contributed by atoms with Crippen molar-refractivity contribution in [3.05, 3.63) is 11.5 Å². The van der Waals surface area contributed by atoms with E-state index in [-0.39, 0.29) is 0 Å². The van der Waals surface area contributed by atoms with Gasteiger partial charge in [-0.3, -0.25) is 0 Å². The monoisotopic (exact) mass is 219 g/mol. The van der Waals surface area contributed by atoms with Gasteiger partial charge in [-0.15, -0.1) is 0 Å². The summed E-state index contributed by atoms with van der Waals surface area (Å²) in [5.41, 5.74) is -0.485. The largest absolute Gasteiger partial charge is 0.612 e. The van der Waals surface area contributed by atoms with Crippen molar-refractivity contribution in [2.75, 3.05) is 12.8 Å². The molecule has 4 nitrogen and oxygen atoms in total. The normalized spacial score (nSPS) is 14.1. The van der Waals surface area contributed by atoms with Crippen LogP contribution < -0.4 is 5.32 Å². The molecule has 0 aliphatic heterocycles. The Bertz CT molecular complexity index is 209. The van der Waals surface area contributed by atoms with Gasteiger partial charge in [-0.1, -0.05) is 0 Å². The molecular weight excluding hydrogens is 202 g/mol. The maximum absolute atomic E-state index is 11.1. The Morgan fingerprint density at radius 2 is 2.14 bits per heavy atom. The zero-order chi connectivity index (χ0) is 11.2. The van der Waals surface area contributed by atoms with Crippen LogP contribution in [0.25, 0.3) is 0 Å². The number of amides is 1. The van der Waals surface area contributed by atoms with Crippen molar-refractivity contribution in [2.24, 2.45) is 0 Å². The second-order valence-corrected chi connectivity index (χ2v) is 5.02. The van der Waals surface area contributed by atoms with E-state index >= 15 is 0 Å². The average Bonchev–Trinajstić information content (AvgIpc) is 1.94. The molecule has 0 bridgehead atoms. The van der Waals surface area contributed by atoms with E-state index in [0.29, 0.717) is 6.54 Å². The second-order valence-electron chi connectivity index (χ2n) is 3.75. The first-order chi connectivity index (χ1) is 6.31. The molecule has 0 fully saturated rings. The highest BCUT2D eigenvalue weighted by Crippen LogP contribution is 2.05. The summed E-state index contributed by atoms with van der Waals surface area (Å²) in [6, 6.07) is 0. The number of hydrogen-bond donors (Lipinski definition) is 1. The number of rotatable bonds is 3. The Kier molecular flexibility index (Phi) is 5.64. The van der Waals surface area contributed by atoms with Crippen LogP contribution in [-0.4, -0.2) is 29.0 Å². The summed E-state index contributed by atoms with van der Waals surface area (Å²) in [7, 11) is 0. The molecule has 0 spiro atoms. The fourth-order valence-corrected chi connectivity index (χ4v) is 1.01. The van der Waals surface area contributed by atoms with E-state index in [1.807, 2.05) is 0 Å². The van der Waals surface area contributed by atoms with Gasteiger partial charge in [-0.2, -0.15) is 0 Å². The standard InChI is InChI=1S/C9H17NO3S/c1-9(2,3)13-8(11)10-6-5-7-14(4)12/h5,7H,6H2,1-4H3,(H,10,11)/b7-5+. The van der Waals surface area contributed by atoms with Gasteiger partial charge in [0.2, 0.25) is 0 Å². The zero-order valence-electron chi connectivity index (χ0n) is 8.99. The molecule has 0 rings (SSSR count). The molecule has 0 aromatic carbocycles. The predicted molar refractivity (Wildman–Crippen MR) is 57.4 cm³/mol. The minimum Gasteiger partial charge on any atom is -0.612 e. The SMILES string of the molecule is C[S+]([O-])/C=C/CNC(=O)OC(C)(C)C. The molecule has 1 N–H and O–H groups in total. The Balaban J connectivity index is 3.66. The molecule has 0 aromatic heterocycles. The van der Waals surface area contributed by atoms with Crippen LogP contribution in [-0.2, 0) is 15.9 Å². The van der Waals surface area contributed by atoms with Crippen molar-refractivity contribution in [2.45, 2.75) is 26.4 Å². The van der Waals surface area contributed by atoms with E-state index in [1.165, 1.54) is 5.41 Å². The fraction of sp³-hybridized carbons (Fsp3) is 0.667. The number of ether oxygens (including phenoxy) is 1. The number of carbonyl (C=O) groups excluding carboxylic acids is 1. The average molecular weight is 219 g/mol.